The molecular weight excluding hydrogens is 463 g/mol. The second-order valence-electron chi connectivity index (χ2n) is 8.70. The summed E-state index contributed by atoms with van der Waals surface area (Å²) in [4.78, 5) is 35.0. The summed E-state index contributed by atoms with van der Waals surface area (Å²) in [6.07, 6.45) is -1.68. The number of nitrogens with two attached hydrogens (primary N) is 1. The Morgan fingerprint density at radius 2 is 1.80 bits per heavy atom. The maximum atomic E-state index is 13.4. The number of nitrogen functional groups attached to an aromatic ring is 1. The number of carbonyl (C=O) groups excluding carboxylic acids is 2. The van der Waals surface area contributed by atoms with Crippen LogP contribution < -0.4 is 20.7 Å². The Balaban J connectivity index is 1.73. The SMILES string of the molecule is COc1ccc(-c2cnc(N)nc2)cc1C(=O)Nc1cc(C(F)(F)F)ccc1N1CC(C)(C)C1=O. The summed E-state index contributed by atoms with van der Waals surface area (Å²) < 4.78 is 45.5. The van der Waals surface area contributed by atoms with Gasteiger partial charge in [0.05, 0.1) is 35.0 Å². The highest BCUT2D eigenvalue weighted by Gasteiger charge is 2.46. The average Bonchev–Trinajstić information content (AvgIpc) is 2.82. The van der Waals surface area contributed by atoms with E-state index in [1.165, 1.54) is 36.5 Å². The standard InChI is InChI=1S/C24H22F3N5O3/c1-23(2)12-32(21(23)34)18-6-5-15(24(25,26)27)9-17(18)31-20(33)16-8-13(4-7-19(16)35-3)14-10-29-22(28)30-11-14/h4-11H,12H2,1-3H3,(H,31,33)(H2,28,29,30). The summed E-state index contributed by atoms with van der Waals surface area (Å²) in [5.41, 5.74) is 5.18. The molecule has 1 aromatic heterocycles. The lowest BCUT2D eigenvalue weighted by Gasteiger charge is -2.45. The van der Waals surface area contributed by atoms with Gasteiger partial charge in [-0.3, -0.25) is 9.59 Å². The molecule has 0 spiro atoms. The van der Waals surface area contributed by atoms with Crippen LogP contribution in [0, 0.1) is 5.41 Å². The van der Waals surface area contributed by atoms with Gasteiger partial charge in [0.1, 0.15) is 5.75 Å². The number of anilines is 3. The lowest BCUT2D eigenvalue weighted by atomic mass is 9.82. The molecule has 35 heavy (non-hydrogen) atoms. The van der Waals surface area contributed by atoms with Crippen LogP contribution in [0.3, 0.4) is 0 Å². The highest BCUT2D eigenvalue weighted by molar-refractivity contribution is 6.11. The van der Waals surface area contributed by atoms with Crippen LogP contribution in [0.25, 0.3) is 11.1 Å². The van der Waals surface area contributed by atoms with Crippen molar-refractivity contribution in [1.29, 1.82) is 0 Å². The van der Waals surface area contributed by atoms with Crippen LogP contribution in [0.5, 0.6) is 5.75 Å². The third-order valence-electron chi connectivity index (χ3n) is 5.69. The zero-order chi connectivity index (χ0) is 25.5. The van der Waals surface area contributed by atoms with Gasteiger partial charge in [0.25, 0.3) is 5.91 Å². The Hall–Kier alpha value is -4.15. The van der Waals surface area contributed by atoms with Gasteiger partial charge in [-0.1, -0.05) is 6.07 Å². The van der Waals surface area contributed by atoms with Gasteiger partial charge in [-0.05, 0) is 49.7 Å². The largest absolute Gasteiger partial charge is 0.496 e. The number of methoxy groups -OCH3 is 1. The first-order chi connectivity index (χ1) is 16.4. The minimum absolute atomic E-state index is 0.0699. The number of halogens is 3. The number of nitrogens with zero attached hydrogens (tertiary/aromatic N) is 3. The zero-order valence-corrected chi connectivity index (χ0v) is 19.1. The van der Waals surface area contributed by atoms with Crippen LogP contribution >= 0.6 is 0 Å². The second kappa shape index (κ2) is 8.57. The predicted octanol–water partition coefficient (Wildman–Crippen LogP) is 4.38. The maximum absolute atomic E-state index is 13.4. The molecule has 1 aliphatic heterocycles. The van der Waals surface area contributed by atoms with Crippen molar-refractivity contribution in [2.24, 2.45) is 5.41 Å². The van der Waals surface area contributed by atoms with Crippen molar-refractivity contribution in [2.75, 3.05) is 29.6 Å². The van der Waals surface area contributed by atoms with Crippen molar-refractivity contribution in [3.05, 3.63) is 59.9 Å². The monoisotopic (exact) mass is 485 g/mol. The predicted molar refractivity (Wildman–Crippen MR) is 124 cm³/mol. The number of aromatic nitrogens is 2. The number of alkyl halides is 3. The molecule has 0 bridgehead atoms. The van der Waals surface area contributed by atoms with Crippen LogP contribution in [0.15, 0.2) is 48.8 Å². The van der Waals surface area contributed by atoms with Crippen molar-refractivity contribution < 1.29 is 27.5 Å². The summed E-state index contributed by atoms with van der Waals surface area (Å²) in [5, 5.41) is 2.53. The van der Waals surface area contributed by atoms with Crippen LogP contribution in [0.2, 0.25) is 0 Å². The average molecular weight is 485 g/mol. The van der Waals surface area contributed by atoms with Crippen molar-refractivity contribution in [3.63, 3.8) is 0 Å². The fraction of sp³-hybridized carbons (Fsp3) is 0.250. The fourth-order valence-electron chi connectivity index (χ4n) is 3.79. The highest BCUT2D eigenvalue weighted by atomic mass is 19.4. The molecule has 3 aromatic rings. The van der Waals surface area contributed by atoms with E-state index in [1.807, 2.05) is 0 Å². The third kappa shape index (κ3) is 4.61. The Morgan fingerprint density at radius 1 is 1.11 bits per heavy atom. The Kier molecular flexibility index (Phi) is 5.87. The Bertz CT molecular complexity index is 1310. The summed E-state index contributed by atoms with van der Waals surface area (Å²) in [7, 11) is 1.37. The first-order valence-electron chi connectivity index (χ1n) is 10.5. The van der Waals surface area contributed by atoms with E-state index in [9.17, 15) is 22.8 Å². The molecule has 4 rings (SSSR count). The van der Waals surface area contributed by atoms with Crippen molar-refractivity contribution in [2.45, 2.75) is 20.0 Å². The number of amides is 2. The quantitative estimate of drug-likeness (QED) is 0.519. The zero-order valence-electron chi connectivity index (χ0n) is 19.1. The van der Waals surface area contributed by atoms with Gasteiger partial charge in [-0.15, -0.1) is 0 Å². The molecule has 0 aliphatic carbocycles. The number of hydrogen-bond acceptors (Lipinski definition) is 6. The fourth-order valence-corrected chi connectivity index (χ4v) is 3.79. The first-order valence-corrected chi connectivity index (χ1v) is 10.5. The minimum Gasteiger partial charge on any atom is -0.496 e. The van der Waals surface area contributed by atoms with E-state index in [4.69, 9.17) is 10.5 Å². The molecule has 0 radical (unpaired) electrons. The summed E-state index contributed by atoms with van der Waals surface area (Å²) >= 11 is 0. The summed E-state index contributed by atoms with van der Waals surface area (Å²) in [5.74, 6) is -0.679. The van der Waals surface area contributed by atoms with Gasteiger partial charge < -0.3 is 20.7 Å². The smallest absolute Gasteiger partial charge is 0.416 e. The molecule has 11 heteroatoms. The Morgan fingerprint density at radius 3 is 2.37 bits per heavy atom. The van der Waals surface area contributed by atoms with E-state index in [-0.39, 0.29) is 34.5 Å². The van der Waals surface area contributed by atoms with Gasteiger partial charge in [-0.25, -0.2) is 9.97 Å². The molecule has 8 nitrogen and oxygen atoms in total. The van der Waals surface area contributed by atoms with Crippen molar-refractivity contribution in [3.8, 4) is 16.9 Å². The molecule has 1 saturated heterocycles. The number of hydrogen-bond donors (Lipinski definition) is 2. The van der Waals surface area contributed by atoms with Crippen LogP contribution in [0.4, 0.5) is 30.5 Å². The van der Waals surface area contributed by atoms with E-state index in [2.05, 4.69) is 15.3 Å². The number of carbonyl (C=O) groups is 2. The molecule has 2 amide bonds. The topological polar surface area (TPSA) is 110 Å². The number of rotatable bonds is 5. The van der Waals surface area contributed by atoms with Gasteiger partial charge >= 0.3 is 6.18 Å². The lowest BCUT2D eigenvalue weighted by molar-refractivity contribution is -0.137. The summed E-state index contributed by atoms with van der Waals surface area (Å²) in [6, 6.07) is 7.62. The molecule has 1 aliphatic rings. The molecule has 0 atom stereocenters. The summed E-state index contributed by atoms with van der Waals surface area (Å²) in [6.45, 7) is 3.78. The van der Waals surface area contributed by atoms with E-state index >= 15 is 0 Å². The molecule has 0 unspecified atom stereocenters. The number of nitrogens with one attached hydrogen (secondary N) is 1. The molecule has 1 fully saturated rings. The minimum atomic E-state index is -4.64. The first kappa shape index (κ1) is 24.0. The van der Waals surface area contributed by atoms with Crippen molar-refractivity contribution >= 4 is 29.1 Å². The second-order valence-corrected chi connectivity index (χ2v) is 8.70. The van der Waals surface area contributed by atoms with E-state index < -0.39 is 23.1 Å². The van der Waals surface area contributed by atoms with Crippen LogP contribution in [-0.2, 0) is 11.0 Å². The van der Waals surface area contributed by atoms with Gasteiger partial charge in [-0.2, -0.15) is 13.2 Å². The Labute approximate surface area is 198 Å². The number of β-lactam (4-membered cyclic amide) rings is 1. The molecule has 182 valence electrons. The molecular formula is C24H22F3N5O3. The molecule has 0 saturated carbocycles. The van der Waals surface area contributed by atoms with Gasteiger partial charge in [0.2, 0.25) is 11.9 Å². The third-order valence-corrected chi connectivity index (χ3v) is 5.69. The van der Waals surface area contributed by atoms with Gasteiger partial charge in [0.15, 0.2) is 0 Å². The number of ether oxygens (including phenoxy) is 1. The van der Waals surface area contributed by atoms with E-state index in [0.717, 1.165) is 12.1 Å². The van der Waals surface area contributed by atoms with E-state index in [0.29, 0.717) is 17.7 Å². The molecule has 2 aromatic carbocycles. The number of benzene rings is 2. The normalized spacial score (nSPS) is 14.9. The lowest BCUT2D eigenvalue weighted by Crippen LogP contribution is -2.58. The van der Waals surface area contributed by atoms with Crippen LogP contribution in [0.1, 0.15) is 29.8 Å². The van der Waals surface area contributed by atoms with Gasteiger partial charge in [0, 0.05) is 24.5 Å². The van der Waals surface area contributed by atoms with E-state index in [1.54, 1.807) is 26.0 Å². The van der Waals surface area contributed by atoms with Crippen molar-refractivity contribution in [1.82, 2.24) is 9.97 Å². The van der Waals surface area contributed by atoms with Crippen LogP contribution in [-0.4, -0.2) is 35.4 Å². The molecule has 2 heterocycles. The highest BCUT2D eigenvalue weighted by Crippen LogP contribution is 2.41. The molecule has 3 N–H and O–H groups in total. The maximum Gasteiger partial charge on any atom is 0.416 e.